The van der Waals surface area contributed by atoms with E-state index in [-0.39, 0.29) is 12.6 Å². The molecule has 2 N–H and O–H groups in total. The van der Waals surface area contributed by atoms with Crippen molar-refractivity contribution in [2.45, 2.75) is 18.6 Å². The number of nitrogens with zero attached hydrogens (tertiary/aromatic N) is 2. The first-order valence-corrected chi connectivity index (χ1v) is 4.37. The Hall–Kier alpha value is -0.800. The van der Waals surface area contributed by atoms with Gasteiger partial charge in [-0.3, -0.25) is 0 Å². The zero-order valence-corrected chi connectivity index (χ0v) is 7.59. The van der Waals surface area contributed by atoms with Crippen LogP contribution in [0.25, 0.3) is 0 Å². The van der Waals surface area contributed by atoms with E-state index in [2.05, 4.69) is 0 Å². The Balaban J connectivity index is 2.46. The third-order valence-electron chi connectivity index (χ3n) is 2.30. The second-order valence-electron chi connectivity index (χ2n) is 3.53. The monoisotopic (exact) mass is 207 g/mol. The zero-order valence-electron chi connectivity index (χ0n) is 7.59. The van der Waals surface area contributed by atoms with Gasteiger partial charge in [0.05, 0.1) is 6.07 Å². The van der Waals surface area contributed by atoms with Crippen LogP contribution in [0.5, 0.6) is 0 Å². The van der Waals surface area contributed by atoms with Crippen molar-refractivity contribution < 1.29 is 13.2 Å². The third-order valence-corrected chi connectivity index (χ3v) is 2.30. The van der Waals surface area contributed by atoms with E-state index in [4.69, 9.17) is 11.0 Å². The number of nitrogens with two attached hydrogens (primary N) is 1. The van der Waals surface area contributed by atoms with Crippen molar-refractivity contribution >= 4 is 0 Å². The molecule has 0 aromatic rings. The zero-order chi connectivity index (χ0) is 10.8. The van der Waals surface area contributed by atoms with Crippen molar-refractivity contribution in [2.75, 3.05) is 19.6 Å². The molecule has 1 heterocycles. The summed E-state index contributed by atoms with van der Waals surface area (Å²) in [7, 11) is 0. The molecule has 0 aromatic carbocycles. The van der Waals surface area contributed by atoms with Crippen molar-refractivity contribution in [1.29, 1.82) is 5.26 Å². The first-order chi connectivity index (χ1) is 6.43. The van der Waals surface area contributed by atoms with E-state index in [1.807, 2.05) is 0 Å². The minimum Gasteiger partial charge on any atom is -0.326 e. The molecule has 1 rings (SSSR count). The summed E-state index contributed by atoms with van der Waals surface area (Å²) in [6.07, 6.45) is -3.72. The lowest BCUT2D eigenvalue weighted by Gasteiger charge is -2.20. The van der Waals surface area contributed by atoms with Crippen LogP contribution in [0.15, 0.2) is 0 Å². The van der Waals surface area contributed by atoms with Gasteiger partial charge in [-0.2, -0.15) is 18.4 Å². The molecule has 1 aliphatic heterocycles. The molecule has 0 radical (unpaired) electrons. The normalized spacial score (nSPS) is 26.1. The van der Waals surface area contributed by atoms with E-state index in [1.165, 1.54) is 6.07 Å². The van der Waals surface area contributed by atoms with Gasteiger partial charge in [-0.25, -0.2) is 0 Å². The van der Waals surface area contributed by atoms with Crippen molar-refractivity contribution in [1.82, 2.24) is 4.90 Å². The fourth-order valence-electron chi connectivity index (χ4n) is 1.50. The molecule has 0 saturated carbocycles. The van der Waals surface area contributed by atoms with Crippen LogP contribution >= 0.6 is 0 Å². The summed E-state index contributed by atoms with van der Waals surface area (Å²) >= 11 is 0. The number of halogens is 3. The van der Waals surface area contributed by atoms with Gasteiger partial charge in [-0.15, -0.1) is 0 Å². The first-order valence-electron chi connectivity index (χ1n) is 4.37. The highest BCUT2D eigenvalue weighted by molar-refractivity contribution is 4.92. The lowest BCUT2D eigenvalue weighted by atomic mass is 10.1. The predicted octanol–water partition coefficient (Wildman–Crippen LogP) is 0.721. The second-order valence-corrected chi connectivity index (χ2v) is 3.53. The van der Waals surface area contributed by atoms with Gasteiger partial charge >= 0.3 is 6.18 Å². The Bertz CT molecular complexity index is 233. The molecule has 2 unspecified atom stereocenters. The summed E-state index contributed by atoms with van der Waals surface area (Å²) in [5.41, 5.74) is 5.55. The summed E-state index contributed by atoms with van der Waals surface area (Å²) in [6, 6.07) is 1.22. The van der Waals surface area contributed by atoms with Gasteiger partial charge in [0.15, 0.2) is 5.92 Å². The molecular weight excluding hydrogens is 195 g/mol. The fraction of sp³-hybridized carbons (Fsp3) is 0.875. The number of hydrogen-bond donors (Lipinski definition) is 1. The fourth-order valence-corrected chi connectivity index (χ4v) is 1.50. The largest absolute Gasteiger partial charge is 0.405 e. The average Bonchev–Trinajstić information content (AvgIpc) is 2.45. The summed E-state index contributed by atoms with van der Waals surface area (Å²) in [4.78, 5) is 1.59. The molecule has 3 nitrogen and oxygen atoms in total. The highest BCUT2D eigenvalue weighted by Crippen LogP contribution is 2.27. The van der Waals surface area contributed by atoms with Crippen molar-refractivity contribution in [2.24, 2.45) is 11.7 Å². The molecule has 0 aliphatic carbocycles. The van der Waals surface area contributed by atoms with Crippen LogP contribution in [0.3, 0.4) is 0 Å². The maximum Gasteiger partial charge on any atom is 0.405 e. The minimum atomic E-state index is -4.43. The lowest BCUT2D eigenvalue weighted by molar-refractivity contribution is -0.162. The predicted molar refractivity (Wildman–Crippen MR) is 44.2 cm³/mol. The quantitative estimate of drug-likeness (QED) is 0.726. The number of nitriles is 1. The Morgan fingerprint density at radius 3 is 2.57 bits per heavy atom. The summed E-state index contributed by atoms with van der Waals surface area (Å²) in [6.45, 7) is 0.747. The van der Waals surface area contributed by atoms with Gasteiger partial charge in [-0.1, -0.05) is 0 Å². The minimum absolute atomic E-state index is 0.0532. The molecule has 1 saturated heterocycles. The highest BCUT2D eigenvalue weighted by Gasteiger charge is 2.41. The number of alkyl halides is 3. The Morgan fingerprint density at radius 1 is 1.57 bits per heavy atom. The summed E-state index contributed by atoms with van der Waals surface area (Å²) in [5.74, 6) is -1.90. The van der Waals surface area contributed by atoms with Gasteiger partial charge in [0.1, 0.15) is 0 Å². The van der Waals surface area contributed by atoms with Crippen molar-refractivity contribution in [3.63, 3.8) is 0 Å². The Morgan fingerprint density at radius 2 is 2.21 bits per heavy atom. The van der Waals surface area contributed by atoms with Crippen molar-refractivity contribution in [3.05, 3.63) is 0 Å². The van der Waals surface area contributed by atoms with Gasteiger partial charge in [0.2, 0.25) is 0 Å². The molecule has 0 amide bonds. The van der Waals surface area contributed by atoms with Crippen LogP contribution < -0.4 is 5.73 Å². The van der Waals surface area contributed by atoms with Crippen LogP contribution in [0.4, 0.5) is 13.2 Å². The maximum atomic E-state index is 12.2. The summed E-state index contributed by atoms with van der Waals surface area (Å²) in [5, 5.41) is 8.36. The second kappa shape index (κ2) is 4.15. The van der Waals surface area contributed by atoms with E-state index in [1.54, 1.807) is 4.90 Å². The topological polar surface area (TPSA) is 53.0 Å². The number of hydrogen-bond acceptors (Lipinski definition) is 3. The van der Waals surface area contributed by atoms with E-state index in [0.29, 0.717) is 19.5 Å². The van der Waals surface area contributed by atoms with Crippen LogP contribution in [-0.2, 0) is 0 Å². The van der Waals surface area contributed by atoms with Crippen LogP contribution in [0.2, 0.25) is 0 Å². The summed E-state index contributed by atoms with van der Waals surface area (Å²) < 4.78 is 36.6. The van der Waals surface area contributed by atoms with Crippen LogP contribution in [0.1, 0.15) is 6.42 Å². The van der Waals surface area contributed by atoms with E-state index >= 15 is 0 Å². The van der Waals surface area contributed by atoms with Gasteiger partial charge in [-0.05, 0) is 13.0 Å². The maximum absolute atomic E-state index is 12.2. The standard InChI is InChI=1S/C8H12F3N3/c9-8(10,11)6(3-12)4-14-2-1-7(13)5-14/h6-7H,1-2,4-5,13H2. The molecular formula is C8H12F3N3. The molecule has 1 fully saturated rings. The molecule has 1 aliphatic rings. The lowest BCUT2D eigenvalue weighted by Crippen LogP contribution is -2.36. The third kappa shape index (κ3) is 2.86. The molecule has 0 spiro atoms. The molecule has 14 heavy (non-hydrogen) atoms. The van der Waals surface area contributed by atoms with Gasteiger partial charge in [0.25, 0.3) is 0 Å². The number of likely N-dealkylation sites (tertiary alicyclic amines) is 1. The van der Waals surface area contributed by atoms with E-state index < -0.39 is 12.1 Å². The van der Waals surface area contributed by atoms with E-state index in [9.17, 15) is 13.2 Å². The van der Waals surface area contributed by atoms with Gasteiger partial charge in [0, 0.05) is 19.1 Å². The number of rotatable bonds is 2. The molecule has 2 atom stereocenters. The highest BCUT2D eigenvalue weighted by atomic mass is 19.4. The van der Waals surface area contributed by atoms with Gasteiger partial charge < -0.3 is 10.6 Å². The van der Waals surface area contributed by atoms with Crippen LogP contribution in [0, 0.1) is 17.2 Å². The Labute approximate surface area is 80.3 Å². The first kappa shape index (κ1) is 11.3. The smallest absolute Gasteiger partial charge is 0.326 e. The molecule has 6 heteroatoms. The van der Waals surface area contributed by atoms with E-state index in [0.717, 1.165) is 0 Å². The van der Waals surface area contributed by atoms with Crippen molar-refractivity contribution in [3.8, 4) is 6.07 Å². The average molecular weight is 207 g/mol. The SMILES string of the molecule is N#CC(CN1CCC(N)C1)C(F)(F)F. The molecule has 80 valence electrons. The molecule has 0 bridgehead atoms. The van der Waals surface area contributed by atoms with Crippen LogP contribution in [-0.4, -0.2) is 36.8 Å². The molecule has 0 aromatic heterocycles. The Kier molecular flexibility index (Phi) is 3.34.